The fourth-order valence-corrected chi connectivity index (χ4v) is 1.40. The summed E-state index contributed by atoms with van der Waals surface area (Å²) in [6.45, 7) is 6.80. The lowest BCUT2D eigenvalue weighted by Gasteiger charge is -2.19. The number of amides is 2. The molecule has 0 heterocycles. The molecule has 0 radical (unpaired) electrons. The van der Waals surface area contributed by atoms with Crippen LogP contribution in [0.4, 0.5) is 5.69 Å². The largest absolute Gasteiger partial charge is 0.343 e. The van der Waals surface area contributed by atoms with E-state index in [1.54, 1.807) is 39.0 Å². The number of Topliss-reactive ketones (excluding diaryl/α,β-unsaturated/α-hetero) is 1. The van der Waals surface area contributed by atoms with Gasteiger partial charge in [0.05, 0.1) is 0 Å². The molecule has 19 heavy (non-hydrogen) atoms. The molecule has 0 saturated heterocycles. The van der Waals surface area contributed by atoms with Gasteiger partial charge in [0, 0.05) is 16.8 Å². The van der Waals surface area contributed by atoms with Gasteiger partial charge in [-0.15, -0.1) is 0 Å². The number of hydrogen-bond acceptors (Lipinski definition) is 3. The van der Waals surface area contributed by atoms with E-state index in [4.69, 9.17) is 0 Å². The SMILES string of the molecule is CC(=O)c1cccc(NC(=O)C(=O)NC(C)(C)C)c1. The number of ketones is 1. The van der Waals surface area contributed by atoms with Crippen LogP contribution in [0, 0.1) is 0 Å². The number of benzene rings is 1. The van der Waals surface area contributed by atoms with Crippen molar-refractivity contribution in [2.24, 2.45) is 0 Å². The number of hydrogen-bond donors (Lipinski definition) is 2. The monoisotopic (exact) mass is 262 g/mol. The molecule has 5 nitrogen and oxygen atoms in total. The Balaban J connectivity index is 2.74. The molecule has 5 heteroatoms. The van der Waals surface area contributed by atoms with Crippen LogP contribution in [0.2, 0.25) is 0 Å². The highest BCUT2D eigenvalue weighted by atomic mass is 16.2. The zero-order chi connectivity index (χ0) is 14.6. The average Bonchev–Trinajstić information content (AvgIpc) is 2.27. The van der Waals surface area contributed by atoms with Crippen LogP contribution in [0.3, 0.4) is 0 Å². The van der Waals surface area contributed by atoms with Gasteiger partial charge in [0.1, 0.15) is 0 Å². The van der Waals surface area contributed by atoms with Crippen molar-refractivity contribution in [1.29, 1.82) is 0 Å². The van der Waals surface area contributed by atoms with Crippen molar-refractivity contribution in [3.8, 4) is 0 Å². The molecular weight excluding hydrogens is 244 g/mol. The van der Waals surface area contributed by atoms with Gasteiger partial charge < -0.3 is 10.6 Å². The molecule has 0 fully saturated rings. The van der Waals surface area contributed by atoms with E-state index in [2.05, 4.69) is 10.6 Å². The second kappa shape index (κ2) is 5.65. The maximum absolute atomic E-state index is 11.7. The van der Waals surface area contributed by atoms with Crippen molar-refractivity contribution in [3.63, 3.8) is 0 Å². The van der Waals surface area contributed by atoms with Gasteiger partial charge >= 0.3 is 11.8 Å². The summed E-state index contributed by atoms with van der Waals surface area (Å²) in [6, 6.07) is 6.44. The summed E-state index contributed by atoms with van der Waals surface area (Å²) in [5.41, 5.74) is 0.422. The van der Waals surface area contributed by atoms with Crippen LogP contribution in [-0.4, -0.2) is 23.1 Å². The first-order chi connectivity index (χ1) is 8.69. The topological polar surface area (TPSA) is 75.3 Å². The summed E-state index contributed by atoms with van der Waals surface area (Å²) < 4.78 is 0. The highest BCUT2D eigenvalue weighted by Gasteiger charge is 2.20. The summed E-state index contributed by atoms with van der Waals surface area (Å²) in [5.74, 6) is -1.56. The standard InChI is InChI=1S/C14H18N2O3/c1-9(17)10-6-5-7-11(8-10)15-12(18)13(19)16-14(2,3)4/h5-8H,1-4H3,(H,15,18)(H,16,19). The minimum absolute atomic E-state index is 0.102. The molecule has 0 unspecified atom stereocenters. The molecule has 0 aliphatic rings. The fourth-order valence-electron chi connectivity index (χ4n) is 1.40. The normalized spacial score (nSPS) is 10.7. The molecule has 1 aromatic rings. The van der Waals surface area contributed by atoms with Gasteiger partial charge in [-0.2, -0.15) is 0 Å². The third kappa shape index (κ3) is 4.91. The molecule has 0 saturated carbocycles. The third-order valence-corrected chi connectivity index (χ3v) is 2.22. The van der Waals surface area contributed by atoms with Gasteiger partial charge in [-0.3, -0.25) is 14.4 Å². The summed E-state index contributed by atoms with van der Waals surface area (Å²) in [6.07, 6.45) is 0. The first-order valence-corrected chi connectivity index (χ1v) is 5.93. The van der Waals surface area contributed by atoms with E-state index in [1.807, 2.05) is 0 Å². The molecule has 0 aliphatic heterocycles. The minimum atomic E-state index is -0.754. The number of rotatable bonds is 2. The predicted octanol–water partition coefficient (Wildman–Crippen LogP) is 1.74. The van der Waals surface area contributed by atoms with Gasteiger partial charge in [-0.1, -0.05) is 12.1 Å². The van der Waals surface area contributed by atoms with Crippen molar-refractivity contribution in [2.45, 2.75) is 33.2 Å². The van der Waals surface area contributed by atoms with Gasteiger partial charge in [0.25, 0.3) is 0 Å². The Morgan fingerprint density at radius 1 is 1.05 bits per heavy atom. The summed E-state index contributed by atoms with van der Waals surface area (Å²) in [7, 11) is 0. The average molecular weight is 262 g/mol. The van der Waals surface area contributed by atoms with E-state index >= 15 is 0 Å². The highest BCUT2D eigenvalue weighted by Crippen LogP contribution is 2.11. The molecule has 0 spiro atoms. The lowest BCUT2D eigenvalue weighted by molar-refractivity contribution is -0.137. The van der Waals surface area contributed by atoms with Crippen LogP contribution >= 0.6 is 0 Å². The van der Waals surface area contributed by atoms with Crippen LogP contribution in [0.5, 0.6) is 0 Å². The fraction of sp³-hybridized carbons (Fsp3) is 0.357. The number of anilines is 1. The first-order valence-electron chi connectivity index (χ1n) is 5.93. The smallest absolute Gasteiger partial charge is 0.313 e. The van der Waals surface area contributed by atoms with Crippen molar-refractivity contribution in [3.05, 3.63) is 29.8 Å². The second-order valence-corrected chi connectivity index (χ2v) is 5.30. The van der Waals surface area contributed by atoms with Crippen molar-refractivity contribution >= 4 is 23.3 Å². The number of carbonyl (C=O) groups is 3. The molecule has 1 rings (SSSR count). The zero-order valence-electron chi connectivity index (χ0n) is 11.5. The molecule has 2 N–H and O–H groups in total. The maximum Gasteiger partial charge on any atom is 0.313 e. The molecule has 0 aliphatic carbocycles. The number of nitrogens with one attached hydrogen (secondary N) is 2. The van der Waals surface area contributed by atoms with E-state index in [0.717, 1.165) is 0 Å². The third-order valence-electron chi connectivity index (χ3n) is 2.22. The lowest BCUT2D eigenvalue weighted by Crippen LogP contribution is -2.46. The Bertz CT molecular complexity index is 516. The molecular formula is C14H18N2O3. The Kier molecular flexibility index (Phi) is 4.43. The second-order valence-electron chi connectivity index (χ2n) is 5.30. The van der Waals surface area contributed by atoms with Gasteiger partial charge in [0.15, 0.2) is 5.78 Å². The minimum Gasteiger partial charge on any atom is -0.343 e. The van der Waals surface area contributed by atoms with Crippen LogP contribution in [0.25, 0.3) is 0 Å². The Labute approximate surface area is 112 Å². The predicted molar refractivity (Wildman–Crippen MR) is 73.0 cm³/mol. The molecule has 0 bridgehead atoms. The number of carbonyl (C=O) groups excluding carboxylic acids is 3. The van der Waals surface area contributed by atoms with E-state index in [9.17, 15) is 14.4 Å². The van der Waals surface area contributed by atoms with E-state index in [1.165, 1.54) is 13.0 Å². The first kappa shape index (κ1) is 14.9. The summed E-state index contributed by atoms with van der Waals surface area (Å²) in [5, 5.41) is 5.01. The van der Waals surface area contributed by atoms with Gasteiger partial charge in [0.2, 0.25) is 0 Å². The van der Waals surface area contributed by atoms with Crippen molar-refractivity contribution < 1.29 is 14.4 Å². The van der Waals surface area contributed by atoms with Gasteiger partial charge in [-0.05, 0) is 39.8 Å². The van der Waals surface area contributed by atoms with Crippen molar-refractivity contribution in [1.82, 2.24) is 5.32 Å². The van der Waals surface area contributed by atoms with Crippen LogP contribution < -0.4 is 10.6 Å². The van der Waals surface area contributed by atoms with E-state index in [-0.39, 0.29) is 5.78 Å². The molecule has 102 valence electrons. The Hall–Kier alpha value is -2.17. The zero-order valence-corrected chi connectivity index (χ0v) is 11.5. The van der Waals surface area contributed by atoms with Crippen LogP contribution in [0.15, 0.2) is 24.3 Å². The quantitative estimate of drug-likeness (QED) is 0.629. The molecule has 0 aromatic heterocycles. The van der Waals surface area contributed by atoms with Crippen LogP contribution in [0.1, 0.15) is 38.1 Å². The van der Waals surface area contributed by atoms with E-state index in [0.29, 0.717) is 11.3 Å². The van der Waals surface area contributed by atoms with Crippen LogP contribution in [-0.2, 0) is 9.59 Å². The Morgan fingerprint density at radius 2 is 1.68 bits per heavy atom. The Morgan fingerprint density at radius 3 is 2.21 bits per heavy atom. The van der Waals surface area contributed by atoms with Gasteiger partial charge in [-0.25, -0.2) is 0 Å². The van der Waals surface area contributed by atoms with E-state index < -0.39 is 17.4 Å². The van der Waals surface area contributed by atoms with Crippen molar-refractivity contribution in [2.75, 3.05) is 5.32 Å². The maximum atomic E-state index is 11.7. The summed E-state index contributed by atoms with van der Waals surface area (Å²) in [4.78, 5) is 34.5. The lowest BCUT2D eigenvalue weighted by atomic mass is 10.1. The molecule has 0 atom stereocenters. The molecule has 2 amide bonds. The molecule has 1 aromatic carbocycles. The highest BCUT2D eigenvalue weighted by molar-refractivity contribution is 6.39. The summed E-state index contributed by atoms with van der Waals surface area (Å²) >= 11 is 0.